The third-order valence-corrected chi connectivity index (χ3v) is 7.61. The second-order valence-electron chi connectivity index (χ2n) is 7.97. The van der Waals surface area contributed by atoms with Crippen molar-refractivity contribution >= 4 is 21.6 Å². The van der Waals surface area contributed by atoms with Crippen LogP contribution >= 0.6 is 0 Å². The van der Waals surface area contributed by atoms with E-state index in [0.29, 0.717) is 36.1 Å². The van der Waals surface area contributed by atoms with Crippen LogP contribution in [0.5, 0.6) is 17.2 Å². The first kappa shape index (κ1) is 23.2. The number of carbonyl (C=O) groups is 1. The van der Waals surface area contributed by atoms with Gasteiger partial charge in [0.2, 0.25) is 16.8 Å². The highest BCUT2D eigenvalue weighted by molar-refractivity contribution is 7.89. The van der Waals surface area contributed by atoms with E-state index >= 15 is 0 Å². The lowest BCUT2D eigenvalue weighted by atomic mass is 10.2. The monoisotopic (exact) mass is 496 g/mol. The van der Waals surface area contributed by atoms with Crippen molar-refractivity contribution in [3.8, 4) is 17.2 Å². The van der Waals surface area contributed by atoms with Crippen molar-refractivity contribution in [2.75, 3.05) is 38.4 Å². The Morgan fingerprint density at radius 3 is 2.60 bits per heavy atom. The van der Waals surface area contributed by atoms with Gasteiger partial charge in [-0.2, -0.15) is 4.31 Å². The fourth-order valence-corrected chi connectivity index (χ4v) is 5.47. The molecule has 3 aromatic carbocycles. The molecule has 1 amide bonds. The first-order chi connectivity index (χ1) is 17.0. The van der Waals surface area contributed by atoms with Gasteiger partial charge in [-0.1, -0.05) is 24.3 Å². The number of nitrogens with zero attached hydrogens (tertiary/aromatic N) is 1. The van der Waals surface area contributed by atoms with Crippen LogP contribution in [-0.4, -0.2) is 51.7 Å². The molecule has 3 aromatic rings. The highest BCUT2D eigenvalue weighted by Gasteiger charge is 2.30. The van der Waals surface area contributed by atoms with Gasteiger partial charge in [0.25, 0.3) is 5.91 Å². The number of fused-ring (bicyclic) bond motifs is 1. The minimum absolute atomic E-state index is 0.0262. The Morgan fingerprint density at radius 1 is 0.943 bits per heavy atom. The van der Waals surface area contributed by atoms with Gasteiger partial charge in [-0.05, 0) is 42.0 Å². The molecule has 5 rings (SSSR count). The summed E-state index contributed by atoms with van der Waals surface area (Å²) in [4.78, 5) is 13.1. The SMILES string of the molecule is O=C(Nc1cccc(COc2ccc3c(c2)OCO3)c1)c1ccccc1S(=O)(=O)N1CCOCC1. The van der Waals surface area contributed by atoms with Crippen LogP contribution in [0.3, 0.4) is 0 Å². The summed E-state index contributed by atoms with van der Waals surface area (Å²) in [5.74, 6) is 1.43. The molecule has 0 saturated carbocycles. The molecule has 182 valence electrons. The van der Waals surface area contributed by atoms with Gasteiger partial charge in [0.1, 0.15) is 12.4 Å². The van der Waals surface area contributed by atoms with Crippen LogP contribution in [0, 0.1) is 0 Å². The quantitative estimate of drug-likeness (QED) is 0.536. The van der Waals surface area contributed by atoms with Crippen LogP contribution in [-0.2, 0) is 21.4 Å². The summed E-state index contributed by atoms with van der Waals surface area (Å²) in [7, 11) is -3.83. The summed E-state index contributed by atoms with van der Waals surface area (Å²) >= 11 is 0. The fraction of sp³-hybridized carbons (Fsp3) is 0.240. The van der Waals surface area contributed by atoms with Crippen molar-refractivity contribution < 1.29 is 32.2 Å². The molecule has 0 aliphatic carbocycles. The highest BCUT2D eigenvalue weighted by Crippen LogP contribution is 2.35. The smallest absolute Gasteiger partial charge is 0.257 e. The highest BCUT2D eigenvalue weighted by atomic mass is 32.2. The van der Waals surface area contributed by atoms with Crippen molar-refractivity contribution in [3.05, 3.63) is 77.9 Å². The molecule has 2 heterocycles. The molecule has 1 fully saturated rings. The molecule has 0 bridgehead atoms. The minimum Gasteiger partial charge on any atom is -0.489 e. The average molecular weight is 497 g/mol. The molecule has 0 aromatic heterocycles. The van der Waals surface area contributed by atoms with Gasteiger partial charge in [0.15, 0.2) is 11.5 Å². The fourth-order valence-electron chi connectivity index (χ4n) is 3.88. The van der Waals surface area contributed by atoms with E-state index in [-0.39, 0.29) is 36.9 Å². The Bertz CT molecular complexity index is 1340. The molecule has 1 saturated heterocycles. The molecule has 10 heteroatoms. The molecular weight excluding hydrogens is 472 g/mol. The number of amides is 1. The van der Waals surface area contributed by atoms with Crippen LogP contribution in [0.4, 0.5) is 5.69 Å². The first-order valence-electron chi connectivity index (χ1n) is 11.1. The van der Waals surface area contributed by atoms with Crippen LogP contribution in [0.25, 0.3) is 0 Å². The van der Waals surface area contributed by atoms with Gasteiger partial charge in [-0.25, -0.2) is 8.42 Å². The van der Waals surface area contributed by atoms with E-state index in [1.807, 2.05) is 6.07 Å². The van der Waals surface area contributed by atoms with Crippen LogP contribution in [0.2, 0.25) is 0 Å². The van der Waals surface area contributed by atoms with Crippen LogP contribution in [0.1, 0.15) is 15.9 Å². The van der Waals surface area contributed by atoms with Crippen molar-refractivity contribution in [2.24, 2.45) is 0 Å². The normalized spacial score (nSPS) is 15.5. The largest absolute Gasteiger partial charge is 0.489 e. The number of hydrogen-bond acceptors (Lipinski definition) is 7. The zero-order chi connectivity index (χ0) is 24.3. The molecule has 35 heavy (non-hydrogen) atoms. The second-order valence-corrected chi connectivity index (χ2v) is 9.88. The number of nitrogens with one attached hydrogen (secondary N) is 1. The third-order valence-electron chi connectivity index (χ3n) is 5.65. The Hall–Kier alpha value is -3.60. The van der Waals surface area contributed by atoms with Crippen molar-refractivity contribution in [3.63, 3.8) is 0 Å². The molecule has 0 unspecified atom stereocenters. The Balaban J connectivity index is 1.29. The van der Waals surface area contributed by atoms with E-state index in [1.165, 1.54) is 16.4 Å². The number of anilines is 1. The number of hydrogen-bond donors (Lipinski definition) is 1. The molecule has 0 radical (unpaired) electrons. The van der Waals surface area contributed by atoms with E-state index in [0.717, 1.165) is 5.56 Å². The standard InChI is InChI=1S/C25H24N2O7S/c28-25(21-6-1-2-7-24(21)35(29,30)27-10-12-31-13-11-27)26-19-5-3-4-18(14-19)16-32-20-8-9-22-23(15-20)34-17-33-22/h1-9,14-15H,10-13,16-17H2,(H,26,28). The molecule has 0 atom stereocenters. The average Bonchev–Trinajstić information content (AvgIpc) is 3.36. The summed E-state index contributed by atoms with van der Waals surface area (Å²) < 4.78 is 49.5. The van der Waals surface area contributed by atoms with Gasteiger partial charge >= 0.3 is 0 Å². The molecule has 2 aliphatic rings. The van der Waals surface area contributed by atoms with Crippen molar-refractivity contribution in [1.29, 1.82) is 0 Å². The van der Waals surface area contributed by atoms with Gasteiger partial charge in [-0.3, -0.25) is 4.79 Å². The summed E-state index contributed by atoms with van der Waals surface area (Å²) in [6, 6.07) is 18.8. The number of morpholine rings is 1. The van der Waals surface area contributed by atoms with Crippen LogP contribution < -0.4 is 19.5 Å². The summed E-state index contributed by atoms with van der Waals surface area (Å²) in [5, 5.41) is 2.81. The van der Waals surface area contributed by atoms with E-state index in [2.05, 4.69) is 5.32 Å². The molecule has 2 aliphatic heterocycles. The van der Waals surface area contributed by atoms with E-state index in [4.69, 9.17) is 18.9 Å². The molecule has 0 spiro atoms. The predicted octanol–water partition coefficient (Wildman–Crippen LogP) is 3.27. The maximum atomic E-state index is 13.2. The van der Waals surface area contributed by atoms with E-state index in [1.54, 1.807) is 48.5 Å². The first-order valence-corrected chi connectivity index (χ1v) is 12.5. The number of sulfonamides is 1. The lowest BCUT2D eigenvalue weighted by Crippen LogP contribution is -2.41. The van der Waals surface area contributed by atoms with E-state index in [9.17, 15) is 13.2 Å². The zero-order valence-electron chi connectivity index (χ0n) is 18.8. The number of benzene rings is 3. The molecule has 1 N–H and O–H groups in total. The minimum atomic E-state index is -3.83. The van der Waals surface area contributed by atoms with Crippen molar-refractivity contribution in [2.45, 2.75) is 11.5 Å². The molecule has 9 nitrogen and oxygen atoms in total. The maximum Gasteiger partial charge on any atom is 0.257 e. The molecular formula is C25H24N2O7S. The van der Waals surface area contributed by atoms with Gasteiger partial charge in [0, 0.05) is 24.8 Å². The second kappa shape index (κ2) is 9.95. The Kier molecular flexibility index (Phi) is 6.58. The summed E-state index contributed by atoms with van der Waals surface area (Å²) in [5.41, 5.74) is 1.44. The maximum absolute atomic E-state index is 13.2. The zero-order valence-corrected chi connectivity index (χ0v) is 19.6. The summed E-state index contributed by atoms with van der Waals surface area (Å²) in [6.07, 6.45) is 0. The third kappa shape index (κ3) is 5.09. The van der Waals surface area contributed by atoms with Crippen LogP contribution in [0.15, 0.2) is 71.6 Å². The topological polar surface area (TPSA) is 103 Å². The van der Waals surface area contributed by atoms with Crippen molar-refractivity contribution in [1.82, 2.24) is 4.31 Å². The Labute approximate surface area is 203 Å². The van der Waals surface area contributed by atoms with Gasteiger partial charge < -0.3 is 24.3 Å². The lowest BCUT2D eigenvalue weighted by molar-refractivity contribution is 0.0730. The Morgan fingerprint density at radius 2 is 1.74 bits per heavy atom. The predicted molar refractivity (Wildman–Crippen MR) is 127 cm³/mol. The van der Waals surface area contributed by atoms with Gasteiger partial charge in [0.05, 0.1) is 23.7 Å². The van der Waals surface area contributed by atoms with E-state index < -0.39 is 15.9 Å². The number of carbonyl (C=O) groups excluding carboxylic acids is 1. The number of rotatable bonds is 7. The lowest BCUT2D eigenvalue weighted by Gasteiger charge is -2.26. The summed E-state index contributed by atoms with van der Waals surface area (Å²) in [6.45, 7) is 1.62. The number of ether oxygens (including phenoxy) is 4. The van der Waals surface area contributed by atoms with Gasteiger partial charge in [-0.15, -0.1) is 0 Å².